The average molecular weight is 626 g/mol. The van der Waals surface area contributed by atoms with Crippen molar-refractivity contribution in [2.45, 2.75) is 92.1 Å². The van der Waals surface area contributed by atoms with Gasteiger partial charge in [0, 0.05) is 12.1 Å². The first-order valence-corrected chi connectivity index (χ1v) is 13.2. The Morgan fingerprint density at radius 2 is 1.02 bits per heavy atom. The van der Waals surface area contributed by atoms with E-state index in [2.05, 4.69) is 0 Å². The van der Waals surface area contributed by atoms with Gasteiger partial charge in [-0.3, -0.25) is 10.1 Å². The third-order valence-corrected chi connectivity index (χ3v) is 7.37. The molecule has 244 valence electrons. The fraction of sp³-hybridized carbons (Fsp3) is 0.750. The lowest BCUT2D eigenvalue weighted by Gasteiger charge is -2.48. The lowest BCUT2D eigenvalue weighted by molar-refractivity contribution is -0.384. The van der Waals surface area contributed by atoms with E-state index in [0.717, 1.165) is 12.1 Å². The molecule has 43 heavy (non-hydrogen) atoms. The zero-order valence-corrected chi connectivity index (χ0v) is 22.3. The van der Waals surface area contributed by atoms with Crippen molar-refractivity contribution >= 4 is 5.69 Å². The van der Waals surface area contributed by atoms with Crippen LogP contribution in [0.15, 0.2) is 24.3 Å². The van der Waals surface area contributed by atoms with Crippen molar-refractivity contribution in [1.29, 1.82) is 0 Å². The SMILES string of the molecule is O=[N+]([O-])c1ccc(O[C@H]2O[C@H](CO)[C@@H](O[C@H]3O[C@H](CO)[C@@H](O[C@H]4O[C@H](CO)[C@@H](O)[C@H](O)[C@H]4O)[C@H](O)[C@H]3O)[C@H](O)[C@H]2O)cc1. The van der Waals surface area contributed by atoms with Gasteiger partial charge in [-0.15, -0.1) is 0 Å². The Hall–Kier alpha value is -2.18. The number of nitro benzene ring substituents is 1. The van der Waals surface area contributed by atoms with Gasteiger partial charge >= 0.3 is 0 Å². The first-order chi connectivity index (χ1) is 20.4. The van der Waals surface area contributed by atoms with Crippen molar-refractivity contribution in [2.75, 3.05) is 19.8 Å². The van der Waals surface area contributed by atoms with Gasteiger partial charge in [-0.2, -0.15) is 0 Å². The molecule has 10 N–H and O–H groups in total. The molecule has 4 rings (SSSR count). The number of rotatable bonds is 10. The van der Waals surface area contributed by atoms with Crippen molar-refractivity contribution < 1.29 is 84.4 Å². The molecule has 0 aliphatic carbocycles. The second-order valence-corrected chi connectivity index (χ2v) is 10.2. The summed E-state index contributed by atoms with van der Waals surface area (Å²) in [5, 5.41) is 113. The number of ether oxygens (including phenoxy) is 6. The Morgan fingerprint density at radius 1 is 0.605 bits per heavy atom. The molecule has 0 saturated carbocycles. The lowest BCUT2D eigenvalue weighted by Crippen LogP contribution is -2.66. The fourth-order valence-corrected chi connectivity index (χ4v) is 4.92. The van der Waals surface area contributed by atoms with Crippen LogP contribution in [0.1, 0.15) is 0 Å². The predicted molar refractivity (Wildman–Crippen MR) is 133 cm³/mol. The number of hydrogen-bond donors (Lipinski definition) is 10. The molecule has 15 atom stereocenters. The average Bonchev–Trinajstić information content (AvgIpc) is 3.00. The van der Waals surface area contributed by atoms with Crippen LogP contribution >= 0.6 is 0 Å². The quantitative estimate of drug-likeness (QED) is 0.0856. The van der Waals surface area contributed by atoms with Gasteiger partial charge in [0.05, 0.1) is 24.7 Å². The highest BCUT2D eigenvalue weighted by atomic mass is 16.8. The van der Waals surface area contributed by atoms with E-state index in [4.69, 9.17) is 28.4 Å². The van der Waals surface area contributed by atoms with Crippen LogP contribution in [-0.2, 0) is 23.7 Å². The molecule has 0 radical (unpaired) electrons. The van der Waals surface area contributed by atoms with Crippen LogP contribution in [0.4, 0.5) is 5.69 Å². The van der Waals surface area contributed by atoms with E-state index in [1.165, 1.54) is 12.1 Å². The fourth-order valence-electron chi connectivity index (χ4n) is 4.92. The molecule has 1 aromatic carbocycles. The smallest absolute Gasteiger partial charge is 0.269 e. The Kier molecular flexibility index (Phi) is 11.2. The number of aliphatic hydroxyl groups excluding tert-OH is 10. The maximum atomic E-state index is 10.8. The number of aliphatic hydroxyl groups is 10. The van der Waals surface area contributed by atoms with E-state index in [-0.39, 0.29) is 11.4 Å². The summed E-state index contributed by atoms with van der Waals surface area (Å²) in [4.78, 5) is 10.2. The van der Waals surface area contributed by atoms with Gasteiger partial charge in [-0.25, -0.2) is 0 Å². The van der Waals surface area contributed by atoms with Gasteiger partial charge in [0.1, 0.15) is 79.0 Å². The largest absolute Gasteiger partial charge is 0.462 e. The van der Waals surface area contributed by atoms with Gasteiger partial charge in [-0.1, -0.05) is 0 Å². The molecule has 3 saturated heterocycles. The molecule has 19 heteroatoms. The summed E-state index contributed by atoms with van der Waals surface area (Å²) in [5.41, 5.74) is -0.227. The molecule has 0 unspecified atom stereocenters. The molecule has 0 aromatic heterocycles. The second kappa shape index (κ2) is 14.3. The molecule has 3 heterocycles. The van der Waals surface area contributed by atoms with Gasteiger partial charge < -0.3 is 79.5 Å². The second-order valence-electron chi connectivity index (χ2n) is 10.2. The number of benzene rings is 1. The summed E-state index contributed by atoms with van der Waals surface area (Å²) >= 11 is 0. The van der Waals surface area contributed by atoms with Crippen LogP contribution in [-0.4, -0.2) is 168 Å². The number of nitrogens with zero attached hydrogens (tertiary/aromatic N) is 1. The van der Waals surface area contributed by atoms with Crippen LogP contribution < -0.4 is 4.74 Å². The highest BCUT2D eigenvalue weighted by Gasteiger charge is 2.53. The third kappa shape index (κ3) is 7.06. The molecule has 0 amide bonds. The summed E-state index contributed by atoms with van der Waals surface area (Å²) in [6.45, 7) is -2.42. The number of nitro groups is 1. The Balaban J connectivity index is 1.42. The van der Waals surface area contributed by atoms with Crippen LogP contribution in [0.5, 0.6) is 5.75 Å². The van der Waals surface area contributed by atoms with Gasteiger partial charge in [0.2, 0.25) is 6.29 Å². The molecule has 1 aromatic rings. The summed E-state index contributed by atoms with van der Waals surface area (Å²) in [5.74, 6) is 0.0308. The lowest BCUT2D eigenvalue weighted by atomic mass is 9.96. The highest BCUT2D eigenvalue weighted by molar-refractivity contribution is 5.36. The molecule has 3 aliphatic rings. The number of hydrogen-bond acceptors (Lipinski definition) is 18. The summed E-state index contributed by atoms with van der Waals surface area (Å²) < 4.78 is 32.8. The van der Waals surface area contributed by atoms with Gasteiger partial charge in [-0.05, 0) is 12.1 Å². The van der Waals surface area contributed by atoms with Gasteiger partial charge in [0.25, 0.3) is 5.69 Å². The van der Waals surface area contributed by atoms with E-state index in [0.29, 0.717) is 0 Å². The molecule has 0 spiro atoms. The molecule has 3 fully saturated rings. The van der Waals surface area contributed by atoms with Crippen LogP contribution in [0.3, 0.4) is 0 Å². The third-order valence-electron chi connectivity index (χ3n) is 7.37. The summed E-state index contributed by atoms with van der Waals surface area (Å²) in [6, 6.07) is 4.72. The predicted octanol–water partition coefficient (Wildman–Crippen LogP) is -5.58. The topological polar surface area (TPSA) is 301 Å². The van der Waals surface area contributed by atoms with Crippen LogP contribution in [0.25, 0.3) is 0 Å². The maximum absolute atomic E-state index is 10.8. The van der Waals surface area contributed by atoms with E-state index < -0.39 is 117 Å². The zero-order chi connectivity index (χ0) is 31.6. The molecular formula is C24H35NO18. The first kappa shape index (κ1) is 33.7. The Labute approximate surface area is 242 Å². The zero-order valence-electron chi connectivity index (χ0n) is 22.3. The summed E-state index contributed by atoms with van der Waals surface area (Å²) in [7, 11) is 0. The van der Waals surface area contributed by atoms with E-state index in [1.54, 1.807) is 0 Å². The van der Waals surface area contributed by atoms with E-state index in [1.807, 2.05) is 0 Å². The van der Waals surface area contributed by atoms with Crippen molar-refractivity contribution in [3.05, 3.63) is 34.4 Å². The minimum atomic E-state index is -1.96. The van der Waals surface area contributed by atoms with Crippen molar-refractivity contribution in [2.24, 2.45) is 0 Å². The standard InChI is InChI=1S/C24H35NO18/c26-5-10-13(29)14(30)17(33)23(39-10)42-21-12(7-28)41-24(19(35)16(21)32)43-20-11(6-27)40-22(18(34)15(20)31)38-9-3-1-8(2-4-9)25(36)37/h1-4,10-24,26-35H,5-7H2/t10-,11-,12-,13-,14+,15-,16-,17-,18-,19-,20-,21-,22+,23-,24-/m1/s1. The number of non-ortho nitro benzene ring substituents is 1. The summed E-state index contributed by atoms with van der Waals surface area (Å²) in [6.07, 6.45) is -25.4. The first-order valence-electron chi connectivity index (χ1n) is 13.2. The van der Waals surface area contributed by atoms with Gasteiger partial charge in [0.15, 0.2) is 12.6 Å². The van der Waals surface area contributed by atoms with Crippen molar-refractivity contribution in [3.8, 4) is 5.75 Å². The normalized spacial score (nSPS) is 43.7. The van der Waals surface area contributed by atoms with E-state index >= 15 is 0 Å². The van der Waals surface area contributed by atoms with Crippen LogP contribution in [0.2, 0.25) is 0 Å². The molecule has 19 nitrogen and oxygen atoms in total. The minimum absolute atomic E-state index is 0.0308. The van der Waals surface area contributed by atoms with Crippen LogP contribution in [0, 0.1) is 10.1 Å². The monoisotopic (exact) mass is 625 g/mol. The van der Waals surface area contributed by atoms with Crippen molar-refractivity contribution in [1.82, 2.24) is 0 Å². The van der Waals surface area contributed by atoms with E-state index in [9.17, 15) is 61.2 Å². The highest BCUT2D eigenvalue weighted by Crippen LogP contribution is 2.33. The van der Waals surface area contributed by atoms with Crippen molar-refractivity contribution in [3.63, 3.8) is 0 Å². The minimum Gasteiger partial charge on any atom is -0.462 e. The maximum Gasteiger partial charge on any atom is 0.269 e. The molecule has 0 bridgehead atoms. The molecule has 3 aliphatic heterocycles. The Bertz CT molecular complexity index is 1040. The molecular weight excluding hydrogens is 590 g/mol. The Morgan fingerprint density at radius 3 is 1.49 bits per heavy atom.